The summed E-state index contributed by atoms with van der Waals surface area (Å²) in [6.07, 6.45) is 30.2. The predicted molar refractivity (Wildman–Crippen MR) is 134 cm³/mol. The van der Waals surface area contributed by atoms with Crippen LogP contribution in [0.4, 0.5) is 0 Å². The van der Waals surface area contributed by atoms with Crippen molar-refractivity contribution in [2.45, 2.75) is 5.41 Å². The molecular formula is C31H18Cl2Zr. The van der Waals surface area contributed by atoms with Gasteiger partial charge < -0.3 is 0 Å². The third kappa shape index (κ3) is 4.32. The SMILES string of the molecule is [C]1[C][C][C](C([C]2[C]3C=CC=C[C]3[C]3C=CC=C[C]32)(c2ccccc2)c2ccccc2)[C]1.[Cl][Zr][Cl]. The first-order chi connectivity index (χ1) is 16.8. The molecule has 0 N–H and O–H groups in total. The van der Waals surface area contributed by atoms with Crippen LogP contribution in [-0.4, -0.2) is 0 Å². The number of hydrogen-bond acceptors (Lipinski definition) is 0. The van der Waals surface area contributed by atoms with Crippen LogP contribution in [0.3, 0.4) is 0 Å². The molecule has 34 heavy (non-hydrogen) atoms. The molecule has 6 rings (SSSR count). The van der Waals surface area contributed by atoms with E-state index in [1.807, 2.05) is 0 Å². The molecule has 0 aromatic heterocycles. The molecule has 0 nitrogen and oxygen atoms in total. The Bertz CT molecular complexity index is 976. The number of rotatable bonds is 4. The molecule has 2 fully saturated rings. The zero-order valence-electron chi connectivity index (χ0n) is 18.1. The molecule has 2 saturated carbocycles. The van der Waals surface area contributed by atoms with Crippen molar-refractivity contribution in [1.29, 1.82) is 0 Å². The Hall–Kier alpha value is -1.14. The first kappa shape index (κ1) is 24.6. The van der Waals surface area contributed by atoms with Crippen LogP contribution in [0.1, 0.15) is 11.1 Å². The molecule has 3 heteroatoms. The summed E-state index contributed by atoms with van der Waals surface area (Å²) in [6, 6.07) is 21.4. The van der Waals surface area contributed by atoms with Crippen LogP contribution in [0.5, 0.6) is 0 Å². The number of halogens is 2. The van der Waals surface area contributed by atoms with Crippen molar-refractivity contribution >= 4 is 17.0 Å². The second-order valence-corrected chi connectivity index (χ2v) is 11.6. The Labute approximate surface area is 223 Å². The van der Waals surface area contributed by atoms with Gasteiger partial charge in [-0.3, -0.25) is 0 Å². The second-order valence-electron chi connectivity index (χ2n) is 7.89. The van der Waals surface area contributed by atoms with Gasteiger partial charge in [0.25, 0.3) is 0 Å². The summed E-state index contributed by atoms with van der Waals surface area (Å²) in [7, 11) is 9.87. The summed E-state index contributed by atoms with van der Waals surface area (Å²) in [6.45, 7) is 0. The summed E-state index contributed by atoms with van der Waals surface area (Å²) in [5.41, 5.74) is 1.79. The summed E-state index contributed by atoms with van der Waals surface area (Å²) in [5.74, 6) is 7.23. The summed E-state index contributed by atoms with van der Waals surface area (Å²) >= 11 is -0.826. The molecule has 0 saturated heterocycles. The fraction of sp³-hybridized carbons (Fsp3) is 0.0323. The molecule has 0 heterocycles. The monoisotopic (exact) mass is 550 g/mol. The average Bonchev–Trinajstić information content (AvgIpc) is 3.55. The average molecular weight is 553 g/mol. The summed E-state index contributed by atoms with van der Waals surface area (Å²) < 4.78 is 0. The number of hydrogen-bond donors (Lipinski definition) is 0. The maximum absolute atomic E-state index is 4.93. The van der Waals surface area contributed by atoms with Crippen molar-refractivity contribution in [3.8, 4) is 0 Å². The third-order valence-electron chi connectivity index (χ3n) is 6.28. The van der Waals surface area contributed by atoms with Crippen molar-refractivity contribution in [2.75, 3.05) is 0 Å². The van der Waals surface area contributed by atoms with E-state index in [-0.39, 0.29) is 0 Å². The molecule has 0 atom stereocenters. The van der Waals surface area contributed by atoms with Crippen molar-refractivity contribution in [3.63, 3.8) is 0 Å². The standard InChI is InChI=1S/C31H18.2ClH.Zr/c1-3-13-23(14-4-1)31(25-17-7-8-18-25,24-15-5-2-6-16-24)30-28-21-11-9-19-26(28)27-20-10-12-22-29(27)30;;;/h1-6,9-16,19-22H;2*1H;/q;;;+2/p-2. The topological polar surface area (TPSA) is 0 Å². The molecule has 0 amide bonds. The number of allylic oxidation sites excluding steroid dienone is 8. The van der Waals surface area contributed by atoms with E-state index in [1.54, 1.807) is 0 Å². The van der Waals surface area contributed by atoms with Gasteiger partial charge in [0.1, 0.15) is 0 Å². The van der Waals surface area contributed by atoms with E-state index < -0.39 is 26.3 Å². The van der Waals surface area contributed by atoms with Crippen molar-refractivity contribution in [3.05, 3.63) is 182 Å². The molecule has 2 aromatic carbocycles. The zero-order chi connectivity index (χ0) is 23.4. The summed E-state index contributed by atoms with van der Waals surface area (Å²) in [5, 5.41) is 0. The van der Waals surface area contributed by atoms with Crippen molar-refractivity contribution < 1.29 is 20.8 Å². The Kier molecular flexibility index (Phi) is 8.15. The third-order valence-corrected chi connectivity index (χ3v) is 6.28. The van der Waals surface area contributed by atoms with E-state index in [1.165, 1.54) is 40.7 Å². The van der Waals surface area contributed by atoms with E-state index in [0.29, 0.717) is 0 Å². The Morgan fingerprint density at radius 2 is 0.941 bits per heavy atom. The van der Waals surface area contributed by atoms with Gasteiger partial charge in [0.05, 0.1) is 0 Å². The first-order valence-corrected chi connectivity index (χ1v) is 17.2. The predicted octanol–water partition coefficient (Wildman–Crippen LogP) is 7.40. The molecule has 4 aliphatic rings. The van der Waals surface area contributed by atoms with Crippen LogP contribution in [0.2, 0.25) is 0 Å². The molecule has 0 spiro atoms. The Morgan fingerprint density at radius 1 is 0.559 bits per heavy atom. The fourth-order valence-corrected chi connectivity index (χ4v) is 5.07. The van der Waals surface area contributed by atoms with Gasteiger partial charge >= 0.3 is 37.9 Å². The van der Waals surface area contributed by atoms with Gasteiger partial charge in [0.2, 0.25) is 0 Å². The molecule has 4 aliphatic carbocycles. The van der Waals surface area contributed by atoms with Gasteiger partial charge in [-0.05, 0) is 11.1 Å². The Balaban J connectivity index is 0.000000764. The van der Waals surface area contributed by atoms with E-state index >= 15 is 0 Å². The van der Waals surface area contributed by atoms with E-state index in [9.17, 15) is 0 Å². The molecule has 0 unspecified atom stereocenters. The first-order valence-electron chi connectivity index (χ1n) is 10.9. The van der Waals surface area contributed by atoms with Crippen molar-refractivity contribution in [1.82, 2.24) is 0 Å². The van der Waals surface area contributed by atoms with Gasteiger partial charge in [-0.15, -0.1) is 0 Å². The van der Waals surface area contributed by atoms with Crippen LogP contribution in [0.15, 0.2) is 109 Å². The molecule has 2 aromatic rings. The minimum atomic E-state index is -0.826. The van der Waals surface area contributed by atoms with Crippen LogP contribution in [0.25, 0.3) is 0 Å². The van der Waals surface area contributed by atoms with Gasteiger partial charge in [0.15, 0.2) is 0 Å². The van der Waals surface area contributed by atoms with Gasteiger partial charge in [-0.2, -0.15) is 0 Å². The number of fused-ring (bicyclic) bond motifs is 3. The molecular weight excluding hydrogens is 534 g/mol. The van der Waals surface area contributed by atoms with Crippen LogP contribution < -0.4 is 0 Å². The Morgan fingerprint density at radius 3 is 1.35 bits per heavy atom. The van der Waals surface area contributed by atoms with E-state index in [2.05, 4.69) is 135 Å². The van der Waals surface area contributed by atoms with Gasteiger partial charge in [-0.25, -0.2) is 0 Å². The molecule has 14 radical (unpaired) electrons. The van der Waals surface area contributed by atoms with Crippen LogP contribution in [-0.2, 0) is 26.3 Å². The number of benzene rings is 2. The van der Waals surface area contributed by atoms with Crippen molar-refractivity contribution in [2.24, 2.45) is 0 Å². The summed E-state index contributed by atoms with van der Waals surface area (Å²) in [4.78, 5) is 0. The normalized spacial score (nSPS) is 21.4. The second kappa shape index (κ2) is 11.3. The zero-order valence-corrected chi connectivity index (χ0v) is 22.1. The van der Waals surface area contributed by atoms with Gasteiger partial charge in [0, 0.05) is 66.6 Å². The van der Waals surface area contributed by atoms with E-state index in [0.717, 1.165) is 5.92 Å². The van der Waals surface area contributed by atoms with Crippen LogP contribution >= 0.6 is 17.0 Å². The quantitative estimate of drug-likeness (QED) is 0.371. The molecule has 160 valence electrons. The minimum absolute atomic E-state index is 0.582. The fourth-order valence-electron chi connectivity index (χ4n) is 5.07. The molecule has 0 bridgehead atoms. The van der Waals surface area contributed by atoms with Crippen LogP contribution in [0, 0.1) is 61.2 Å². The van der Waals surface area contributed by atoms with E-state index in [4.69, 9.17) is 17.0 Å². The molecule has 0 aliphatic heterocycles. The maximum atomic E-state index is 4.93. The van der Waals surface area contributed by atoms with Gasteiger partial charge in [-0.1, -0.05) is 109 Å².